The minimum atomic E-state index is -1.29. The van der Waals surface area contributed by atoms with E-state index in [-0.39, 0.29) is 16.5 Å². The molecule has 0 radical (unpaired) electrons. The summed E-state index contributed by atoms with van der Waals surface area (Å²) in [6.07, 6.45) is 0. The van der Waals surface area contributed by atoms with E-state index >= 15 is 0 Å². The Bertz CT molecular complexity index is 1270. The zero-order valence-corrected chi connectivity index (χ0v) is 17.4. The average Bonchev–Trinajstić information content (AvgIpc) is 2.64. The summed E-state index contributed by atoms with van der Waals surface area (Å²) < 4.78 is 41.7. The number of aromatic amines is 1. The molecular weight excluding hydrogens is 411 g/mol. The SMILES string of the molecule is C[C@H](NC(=O)[C@@H](n1c(=O)[nH]c2ccc(F)cc2c1=O)C(C)(C)C)c1ccc(F)cc1F. The molecule has 164 valence electrons. The van der Waals surface area contributed by atoms with Gasteiger partial charge in [-0.3, -0.25) is 9.59 Å². The first-order valence-corrected chi connectivity index (χ1v) is 9.59. The molecule has 0 spiro atoms. The summed E-state index contributed by atoms with van der Waals surface area (Å²) in [5.41, 5.74) is -2.39. The van der Waals surface area contributed by atoms with E-state index in [4.69, 9.17) is 0 Å². The fourth-order valence-electron chi connectivity index (χ4n) is 3.55. The van der Waals surface area contributed by atoms with E-state index in [9.17, 15) is 27.6 Å². The number of halogens is 3. The topological polar surface area (TPSA) is 84.0 Å². The van der Waals surface area contributed by atoms with Gasteiger partial charge in [0.05, 0.1) is 16.9 Å². The lowest BCUT2D eigenvalue weighted by molar-refractivity contribution is -0.128. The van der Waals surface area contributed by atoms with Crippen molar-refractivity contribution in [2.75, 3.05) is 0 Å². The van der Waals surface area contributed by atoms with Crippen LogP contribution in [0.5, 0.6) is 0 Å². The Morgan fingerprint density at radius 3 is 2.26 bits per heavy atom. The smallest absolute Gasteiger partial charge is 0.329 e. The molecule has 0 saturated carbocycles. The van der Waals surface area contributed by atoms with Gasteiger partial charge in [-0.1, -0.05) is 26.8 Å². The van der Waals surface area contributed by atoms with Gasteiger partial charge < -0.3 is 10.3 Å². The van der Waals surface area contributed by atoms with Crippen LogP contribution in [0.2, 0.25) is 0 Å². The van der Waals surface area contributed by atoms with Crippen molar-refractivity contribution in [3.8, 4) is 0 Å². The molecule has 6 nitrogen and oxygen atoms in total. The van der Waals surface area contributed by atoms with Crippen LogP contribution in [-0.2, 0) is 4.79 Å². The van der Waals surface area contributed by atoms with Crippen molar-refractivity contribution in [2.24, 2.45) is 5.41 Å². The van der Waals surface area contributed by atoms with Crippen LogP contribution in [0.25, 0.3) is 10.9 Å². The Labute approximate surface area is 175 Å². The lowest BCUT2D eigenvalue weighted by Crippen LogP contribution is -2.49. The monoisotopic (exact) mass is 433 g/mol. The van der Waals surface area contributed by atoms with Crippen molar-refractivity contribution in [2.45, 2.75) is 39.8 Å². The van der Waals surface area contributed by atoms with Crippen LogP contribution < -0.4 is 16.6 Å². The van der Waals surface area contributed by atoms with E-state index in [1.807, 2.05) is 0 Å². The van der Waals surface area contributed by atoms with Crippen molar-refractivity contribution in [3.63, 3.8) is 0 Å². The minimum Gasteiger partial charge on any atom is -0.348 e. The van der Waals surface area contributed by atoms with Crippen LogP contribution in [0.3, 0.4) is 0 Å². The molecule has 1 amide bonds. The third kappa shape index (κ3) is 4.40. The van der Waals surface area contributed by atoms with E-state index in [1.165, 1.54) is 19.1 Å². The van der Waals surface area contributed by atoms with Crippen LogP contribution in [0.15, 0.2) is 46.0 Å². The van der Waals surface area contributed by atoms with Gasteiger partial charge in [0.25, 0.3) is 5.56 Å². The molecule has 3 aromatic rings. The van der Waals surface area contributed by atoms with Crippen molar-refractivity contribution in [3.05, 3.63) is 80.3 Å². The molecule has 2 N–H and O–H groups in total. The molecule has 31 heavy (non-hydrogen) atoms. The highest BCUT2D eigenvalue weighted by Crippen LogP contribution is 2.30. The number of rotatable bonds is 4. The number of nitrogens with zero attached hydrogens (tertiary/aromatic N) is 1. The summed E-state index contributed by atoms with van der Waals surface area (Å²) in [5.74, 6) is -2.97. The number of H-pyrrole nitrogens is 1. The number of fused-ring (bicyclic) bond motifs is 1. The molecule has 0 aliphatic rings. The lowest BCUT2D eigenvalue weighted by Gasteiger charge is -2.31. The standard InChI is InChI=1S/C22H22F3N3O3/c1-11(14-7-5-13(24)10-16(14)25)26-19(29)18(22(2,3)4)28-20(30)15-9-12(23)6-8-17(15)27-21(28)31/h5-11,18H,1-4H3,(H,26,29)(H,27,31)/t11-,18+/m0/s1. The van der Waals surface area contributed by atoms with Gasteiger partial charge in [-0.15, -0.1) is 0 Å². The van der Waals surface area contributed by atoms with Gasteiger partial charge >= 0.3 is 5.69 Å². The largest absolute Gasteiger partial charge is 0.348 e. The number of nitrogens with one attached hydrogen (secondary N) is 2. The first-order valence-electron chi connectivity index (χ1n) is 9.59. The molecule has 3 rings (SSSR count). The van der Waals surface area contributed by atoms with Crippen molar-refractivity contribution in [1.82, 2.24) is 14.9 Å². The molecule has 9 heteroatoms. The van der Waals surface area contributed by atoms with E-state index in [0.717, 1.165) is 22.8 Å². The summed E-state index contributed by atoms with van der Waals surface area (Å²) in [5, 5.41) is 2.50. The second-order valence-corrected chi connectivity index (χ2v) is 8.46. The van der Waals surface area contributed by atoms with E-state index in [2.05, 4.69) is 10.3 Å². The number of aromatic nitrogens is 2. The lowest BCUT2D eigenvalue weighted by atomic mass is 9.85. The summed E-state index contributed by atoms with van der Waals surface area (Å²) in [7, 11) is 0. The van der Waals surface area contributed by atoms with Crippen LogP contribution >= 0.6 is 0 Å². The molecule has 2 aromatic carbocycles. The summed E-state index contributed by atoms with van der Waals surface area (Å²) >= 11 is 0. The third-order valence-corrected chi connectivity index (χ3v) is 5.01. The Balaban J connectivity index is 2.08. The first kappa shape index (κ1) is 22.3. The van der Waals surface area contributed by atoms with Gasteiger partial charge in [0.2, 0.25) is 5.91 Å². The van der Waals surface area contributed by atoms with Gasteiger partial charge in [0.15, 0.2) is 0 Å². The number of amides is 1. The molecule has 2 atom stereocenters. The van der Waals surface area contributed by atoms with E-state index < -0.39 is 52.1 Å². The van der Waals surface area contributed by atoms with Crippen molar-refractivity contribution < 1.29 is 18.0 Å². The van der Waals surface area contributed by atoms with Crippen LogP contribution in [0.1, 0.15) is 45.3 Å². The van der Waals surface area contributed by atoms with Gasteiger partial charge in [0.1, 0.15) is 23.5 Å². The second kappa shape index (κ2) is 8.05. The van der Waals surface area contributed by atoms with Gasteiger partial charge in [-0.25, -0.2) is 22.5 Å². The Kier molecular flexibility index (Phi) is 5.80. The molecule has 0 fully saturated rings. The second-order valence-electron chi connectivity index (χ2n) is 8.46. The summed E-state index contributed by atoms with van der Waals surface area (Å²) in [6, 6.07) is 4.17. The highest BCUT2D eigenvalue weighted by molar-refractivity contribution is 5.82. The van der Waals surface area contributed by atoms with Gasteiger partial charge in [0, 0.05) is 11.6 Å². The van der Waals surface area contributed by atoms with Crippen molar-refractivity contribution in [1.29, 1.82) is 0 Å². The molecule has 0 aliphatic heterocycles. The molecule has 0 saturated heterocycles. The van der Waals surface area contributed by atoms with Crippen LogP contribution in [-0.4, -0.2) is 15.5 Å². The van der Waals surface area contributed by atoms with E-state index in [1.54, 1.807) is 20.8 Å². The normalized spacial score (nSPS) is 13.8. The Morgan fingerprint density at radius 2 is 1.65 bits per heavy atom. The molecule has 1 heterocycles. The molecule has 0 unspecified atom stereocenters. The Hall–Kier alpha value is -3.36. The molecular formula is C22H22F3N3O3. The Morgan fingerprint density at radius 1 is 1.03 bits per heavy atom. The van der Waals surface area contributed by atoms with Crippen molar-refractivity contribution >= 4 is 16.8 Å². The fraction of sp³-hybridized carbons (Fsp3) is 0.318. The maximum Gasteiger partial charge on any atom is 0.329 e. The van der Waals surface area contributed by atoms with E-state index in [0.29, 0.717) is 6.07 Å². The summed E-state index contributed by atoms with van der Waals surface area (Å²) in [6.45, 7) is 6.46. The first-order chi connectivity index (χ1) is 14.4. The fourth-order valence-corrected chi connectivity index (χ4v) is 3.55. The zero-order valence-electron chi connectivity index (χ0n) is 17.4. The predicted molar refractivity (Wildman–Crippen MR) is 110 cm³/mol. The number of hydrogen-bond acceptors (Lipinski definition) is 3. The summed E-state index contributed by atoms with van der Waals surface area (Å²) in [4.78, 5) is 41.4. The molecule has 1 aromatic heterocycles. The van der Waals surface area contributed by atoms with Gasteiger partial charge in [-0.05, 0) is 36.6 Å². The van der Waals surface area contributed by atoms with Gasteiger partial charge in [-0.2, -0.15) is 0 Å². The number of carbonyl (C=O) groups is 1. The number of hydrogen-bond donors (Lipinski definition) is 2. The average molecular weight is 433 g/mol. The highest BCUT2D eigenvalue weighted by Gasteiger charge is 2.36. The number of carbonyl (C=O) groups excluding carboxylic acids is 1. The third-order valence-electron chi connectivity index (χ3n) is 5.01. The maximum atomic E-state index is 14.1. The molecule has 0 aliphatic carbocycles. The highest BCUT2D eigenvalue weighted by atomic mass is 19.1. The predicted octanol–water partition coefficient (Wildman–Crippen LogP) is 3.57. The maximum absolute atomic E-state index is 14.1. The quantitative estimate of drug-likeness (QED) is 0.660. The zero-order chi connectivity index (χ0) is 23.1. The molecule has 0 bridgehead atoms. The minimum absolute atomic E-state index is 0.0456. The van der Waals surface area contributed by atoms with Crippen LogP contribution in [0.4, 0.5) is 13.2 Å². The number of benzene rings is 2. The van der Waals surface area contributed by atoms with Crippen LogP contribution in [0, 0.1) is 22.9 Å².